The smallest absolute Gasteiger partial charge is 0.0533 e. The lowest BCUT2D eigenvalue weighted by Gasteiger charge is -2.32. The maximum Gasteiger partial charge on any atom is 0.0533 e. The zero-order chi connectivity index (χ0) is 13.5. The lowest BCUT2D eigenvalue weighted by Crippen LogP contribution is -2.30. The summed E-state index contributed by atoms with van der Waals surface area (Å²) in [6.45, 7) is 5.77. The summed E-state index contributed by atoms with van der Waals surface area (Å²) in [6.07, 6.45) is 11.9. The quantitative estimate of drug-likeness (QED) is 0.761. The third-order valence-electron chi connectivity index (χ3n) is 3.98. The Hall–Kier alpha value is -0.890. The number of allylic oxidation sites excluding steroid dienone is 4. The maximum atomic E-state index is 7.70. The lowest BCUT2D eigenvalue weighted by molar-refractivity contribution is 0.194. The fraction of sp³-hybridized carbons (Fsp3) is 0.688. The highest BCUT2D eigenvalue weighted by molar-refractivity contribution is 6.01. The maximum absolute atomic E-state index is 7.70. The van der Waals surface area contributed by atoms with Gasteiger partial charge < -0.3 is 10.3 Å². The monoisotopic (exact) mass is 248 g/mol. The Morgan fingerprint density at radius 3 is 2.56 bits per heavy atom. The molecule has 1 rings (SSSR count). The van der Waals surface area contributed by atoms with Crippen LogP contribution in [0.1, 0.15) is 33.1 Å². The summed E-state index contributed by atoms with van der Waals surface area (Å²) in [6, 6.07) is 0. The average molecular weight is 248 g/mol. The molecule has 1 aliphatic carbocycles. The van der Waals surface area contributed by atoms with Crippen LogP contribution < -0.4 is 0 Å². The Morgan fingerprint density at radius 1 is 1.28 bits per heavy atom. The van der Waals surface area contributed by atoms with Crippen LogP contribution in [0.25, 0.3) is 0 Å². The highest BCUT2D eigenvalue weighted by Crippen LogP contribution is 2.32. The van der Waals surface area contributed by atoms with Crippen LogP contribution in [0, 0.1) is 23.2 Å². The van der Waals surface area contributed by atoms with Crippen molar-refractivity contribution in [2.75, 3.05) is 20.6 Å². The van der Waals surface area contributed by atoms with Crippen LogP contribution in [0.5, 0.6) is 0 Å². The third kappa shape index (κ3) is 4.41. The fourth-order valence-corrected chi connectivity index (χ4v) is 3.05. The summed E-state index contributed by atoms with van der Waals surface area (Å²) >= 11 is 0. The van der Waals surface area contributed by atoms with Crippen LogP contribution in [-0.2, 0) is 0 Å². The zero-order valence-electron chi connectivity index (χ0n) is 12.3. The van der Waals surface area contributed by atoms with Crippen molar-refractivity contribution in [3.63, 3.8) is 0 Å². The first-order valence-corrected chi connectivity index (χ1v) is 7.16. The molecule has 0 bridgehead atoms. The van der Waals surface area contributed by atoms with Gasteiger partial charge >= 0.3 is 0 Å². The predicted molar refractivity (Wildman–Crippen MR) is 80.2 cm³/mol. The minimum atomic E-state index is 0.596. The van der Waals surface area contributed by atoms with Crippen molar-refractivity contribution in [1.29, 1.82) is 5.41 Å². The van der Waals surface area contributed by atoms with Crippen molar-refractivity contribution in [2.24, 2.45) is 17.8 Å². The number of nitrogens with one attached hydrogen (secondary N) is 1. The summed E-state index contributed by atoms with van der Waals surface area (Å²) in [5.74, 6) is 2.07. The van der Waals surface area contributed by atoms with Gasteiger partial charge in [-0.2, -0.15) is 0 Å². The first kappa shape index (κ1) is 15.2. The molecule has 2 heteroatoms. The topological polar surface area (TPSA) is 27.1 Å². The first-order valence-electron chi connectivity index (χ1n) is 7.16. The largest absolute Gasteiger partial charge is 0.309 e. The van der Waals surface area contributed by atoms with E-state index in [1.54, 1.807) is 0 Å². The van der Waals surface area contributed by atoms with Gasteiger partial charge in [0.05, 0.1) is 5.71 Å². The van der Waals surface area contributed by atoms with Gasteiger partial charge in [0.1, 0.15) is 0 Å². The molecular formula is C16H28N2. The van der Waals surface area contributed by atoms with Gasteiger partial charge in [-0.1, -0.05) is 38.8 Å². The standard InChI is InChI=1S/C16H28N2/c1-5-13(12-18(3)4)16(6-2)14-8-7-9-15(17)11-10-14/h7,9-11,13-14,16-17H,5-6,8,12H2,1-4H3. The molecule has 18 heavy (non-hydrogen) atoms. The van der Waals surface area contributed by atoms with Gasteiger partial charge in [0.2, 0.25) is 0 Å². The van der Waals surface area contributed by atoms with Crippen LogP contribution in [-0.4, -0.2) is 31.3 Å². The Bertz CT molecular complexity index is 315. The summed E-state index contributed by atoms with van der Waals surface area (Å²) in [5.41, 5.74) is 0.632. The number of hydrogen-bond donors (Lipinski definition) is 1. The van der Waals surface area contributed by atoms with E-state index >= 15 is 0 Å². The molecule has 102 valence electrons. The molecule has 0 radical (unpaired) electrons. The van der Waals surface area contributed by atoms with Gasteiger partial charge in [-0.25, -0.2) is 0 Å². The molecule has 3 atom stereocenters. The van der Waals surface area contributed by atoms with Crippen LogP contribution >= 0.6 is 0 Å². The Labute approximate surface area is 112 Å². The van der Waals surface area contributed by atoms with Crippen molar-refractivity contribution in [1.82, 2.24) is 4.90 Å². The van der Waals surface area contributed by atoms with Crippen LogP contribution in [0.3, 0.4) is 0 Å². The van der Waals surface area contributed by atoms with Gasteiger partial charge in [-0.3, -0.25) is 0 Å². The Balaban J connectivity index is 2.77. The van der Waals surface area contributed by atoms with E-state index in [1.165, 1.54) is 19.4 Å². The molecule has 3 unspecified atom stereocenters. The van der Waals surface area contributed by atoms with E-state index in [0.717, 1.165) is 18.3 Å². The zero-order valence-corrected chi connectivity index (χ0v) is 12.3. The van der Waals surface area contributed by atoms with E-state index in [-0.39, 0.29) is 0 Å². The first-order chi connectivity index (χ1) is 8.58. The molecule has 0 aromatic carbocycles. The minimum absolute atomic E-state index is 0.596. The molecule has 0 heterocycles. The minimum Gasteiger partial charge on any atom is -0.309 e. The van der Waals surface area contributed by atoms with Gasteiger partial charge in [0.25, 0.3) is 0 Å². The predicted octanol–water partition coefficient (Wildman–Crippen LogP) is 3.75. The molecular weight excluding hydrogens is 220 g/mol. The van der Waals surface area contributed by atoms with Crippen molar-refractivity contribution < 1.29 is 0 Å². The van der Waals surface area contributed by atoms with Crippen molar-refractivity contribution in [2.45, 2.75) is 33.1 Å². The van der Waals surface area contributed by atoms with Crippen LogP contribution in [0.4, 0.5) is 0 Å². The average Bonchev–Trinajstić information content (AvgIpc) is 2.54. The molecule has 0 saturated carbocycles. The van der Waals surface area contributed by atoms with E-state index in [2.05, 4.69) is 45.0 Å². The number of nitrogens with zero attached hydrogens (tertiary/aromatic N) is 1. The fourth-order valence-electron chi connectivity index (χ4n) is 3.05. The van der Waals surface area contributed by atoms with Gasteiger partial charge in [0.15, 0.2) is 0 Å². The summed E-state index contributed by atoms with van der Waals surface area (Å²) in [4.78, 5) is 2.30. The third-order valence-corrected chi connectivity index (χ3v) is 3.98. The Kier molecular flexibility index (Phi) is 6.34. The molecule has 1 aliphatic rings. The summed E-state index contributed by atoms with van der Waals surface area (Å²) in [7, 11) is 4.32. The van der Waals surface area contributed by atoms with E-state index in [0.29, 0.717) is 11.6 Å². The van der Waals surface area contributed by atoms with Gasteiger partial charge in [-0.05, 0) is 50.4 Å². The lowest BCUT2D eigenvalue weighted by atomic mass is 9.76. The van der Waals surface area contributed by atoms with Gasteiger partial charge in [-0.15, -0.1) is 0 Å². The molecule has 0 aromatic rings. The second-order valence-electron chi connectivity index (χ2n) is 5.62. The van der Waals surface area contributed by atoms with Crippen LogP contribution in [0.2, 0.25) is 0 Å². The van der Waals surface area contributed by atoms with E-state index < -0.39 is 0 Å². The molecule has 0 aliphatic heterocycles. The van der Waals surface area contributed by atoms with Crippen molar-refractivity contribution >= 4 is 5.71 Å². The number of rotatable bonds is 6. The molecule has 0 aromatic heterocycles. The van der Waals surface area contributed by atoms with E-state index in [4.69, 9.17) is 5.41 Å². The van der Waals surface area contributed by atoms with Gasteiger partial charge in [0, 0.05) is 6.54 Å². The van der Waals surface area contributed by atoms with Crippen molar-refractivity contribution in [3.8, 4) is 0 Å². The molecule has 1 N–H and O–H groups in total. The van der Waals surface area contributed by atoms with Crippen LogP contribution in [0.15, 0.2) is 24.3 Å². The summed E-state index contributed by atoms with van der Waals surface area (Å²) in [5, 5.41) is 7.70. The molecule has 0 fully saturated rings. The molecule has 0 amide bonds. The highest BCUT2D eigenvalue weighted by Gasteiger charge is 2.25. The summed E-state index contributed by atoms with van der Waals surface area (Å²) < 4.78 is 0. The normalized spacial score (nSPS) is 23.2. The second-order valence-corrected chi connectivity index (χ2v) is 5.62. The van der Waals surface area contributed by atoms with Crippen molar-refractivity contribution in [3.05, 3.63) is 24.3 Å². The second kappa shape index (κ2) is 7.52. The van der Waals surface area contributed by atoms with E-state index in [1.807, 2.05) is 12.2 Å². The molecule has 2 nitrogen and oxygen atoms in total. The van der Waals surface area contributed by atoms with E-state index in [9.17, 15) is 0 Å². The molecule has 0 saturated heterocycles. The highest BCUT2D eigenvalue weighted by atomic mass is 15.1. The molecule has 0 spiro atoms. The Morgan fingerprint density at radius 2 is 2.00 bits per heavy atom. The SMILES string of the molecule is CCC(CN(C)C)C(CC)C1C=CC(=N)C=CC1. The number of hydrogen-bond acceptors (Lipinski definition) is 2.